The van der Waals surface area contributed by atoms with Crippen LogP contribution in [0.3, 0.4) is 0 Å². The van der Waals surface area contributed by atoms with Crippen molar-refractivity contribution < 1.29 is 4.79 Å². The molecule has 3 aromatic rings. The van der Waals surface area contributed by atoms with Crippen LogP contribution in [0.1, 0.15) is 23.0 Å². The molecular weight excluding hydrogens is 344 g/mol. The number of nitrogens with one attached hydrogen (secondary N) is 2. The summed E-state index contributed by atoms with van der Waals surface area (Å²) in [5.74, 6) is -0.436. The smallest absolute Gasteiger partial charge is 0.321 e. The number of benzene rings is 1. The summed E-state index contributed by atoms with van der Waals surface area (Å²) < 4.78 is 1.35. The van der Waals surface area contributed by atoms with Gasteiger partial charge in [-0.05, 0) is 32.0 Å². The summed E-state index contributed by atoms with van der Waals surface area (Å²) in [4.78, 5) is 43.1. The first-order valence-corrected chi connectivity index (χ1v) is 8.00. The van der Waals surface area contributed by atoms with Gasteiger partial charge >= 0.3 is 5.69 Å². The number of hydrogen-bond acceptors (Lipinski definition) is 4. The molecule has 8 heteroatoms. The summed E-state index contributed by atoms with van der Waals surface area (Å²) in [5.41, 5.74) is 0.247. The molecule has 1 aromatic carbocycles. The molecular formula is C17H15ClN4O3. The third-order valence-electron chi connectivity index (χ3n) is 3.84. The van der Waals surface area contributed by atoms with E-state index in [0.29, 0.717) is 22.9 Å². The lowest BCUT2D eigenvalue weighted by Gasteiger charge is -2.11. The van der Waals surface area contributed by atoms with Crippen LogP contribution in [0.15, 0.2) is 39.9 Å². The van der Waals surface area contributed by atoms with Crippen LogP contribution in [0.5, 0.6) is 0 Å². The number of halogens is 1. The van der Waals surface area contributed by atoms with Crippen LogP contribution in [0.4, 0.5) is 5.69 Å². The maximum atomic E-state index is 12.6. The van der Waals surface area contributed by atoms with Gasteiger partial charge in [0.25, 0.3) is 11.5 Å². The van der Waals surface area contributed by atoms with E-state index in [0.717, 1.165) is 0 Å². The van der Waals surface area contributed by atoms with E-state index in [1.165, 1.54) is 10.6 Å². The van der Waals surface area contributed by atoms with E-state index in [9.17, 15) is 14.4 Å². The van der Waals surface area contributed by atoms with E-state index < -0.39 is 17.2 Å². The Kier molecular flexibility index (Phi) is 4.41. The Bertz CT molecular complexity index is 1100. The lowest BCUT2D eigenvalue weighted by atomic mass is 10.1. The van der Waals surface area contributed by atoms with Gasteiger partial charge in [0.1, 0.15) is 5.65 Å². The molecule has 0 saturated heterocycles. The summed E-state index contributed by atoms with van der Waals surface area (Å²) in [7, 11) is 0. The highest BCUT2D eigenvalue weighted by Gasteiger charge is 2.16. The molecule has 2 aromatic heterocycles. The van der Waals surface area contributed by atoms with Crippen molar-refractivity contribution >= 4 is 34.2 Å². The number of amides is 1. The second-order valence-electron chi connectivity index (χ2n) is 5.43. The van der Waals surface area contributed by atoms with Gasteiger partial charge in [0.15, 0.2) is 0 Å². The zero-order valence-corrected chi connectivity index (χ0v) is 14.3. The van der Waals surface area contributed by atoms with Crippen LogP contribution >= 0.6 is 11.6 Å². The molecule has 0 aliphatic carbocycles. The molecule has 0 fully saturated rings. The fourth-order valence-corrected chi connectivity index (χ4v) is 2.75. The zero-order chi connectivity index (χ0) is 18.1. The van der Waals surface area contributed by atoms with Crippen molar-refractivity contribution in [2.24, 2.45) is 0 Å². The summed E-state index contributed by atoms with van der Waals surface area (Å²) in [5, 5.41) is 3.28. The van der Waals surface area contributed by atoms with Gasteiger partial charge in [0, 0.05) is 6.54 Å². The molecule has 0 radical (unpaired) electrons. The number of hydrogen-bond donors (Lipinski definition) is 2. The quantitative estimate of drug-likeness (QED) is 0.750. The summed E-state index contributed by atoms with van der Waals surface area (Å²) in [6, 6.07) is 8.27. The number of pyridine rings is 1. The number of para-hydroxylation sites is 1. The number of aromatic amines is 1. The maximum Gasteiger partial charge on any atom is 0.329 e. The SMILES string of the molecule is CCn1c(=O)[nH]c(=O)c2cc(C(=O)Nc3ccccc3Cl)c(C)nc21. The number of rotatable bonds is 3. The molecule has 2 heterocycles. The van der Waals surface area contributed by atoms with E-state index in [2.05, 4.69) is 15.3 Å². The van der Waals surface area contributed by atoms with E-state index in [1.807, 2.05) is 0 Å². The van der Waals surface area contributed by atoms with E-state index in [4.69, 9.17) is 11.6 Å². The molecule has 25 heavy (non-hydrogen) atoms. The Morgan fingerprint density at radius 3 is 2.72 bits per heavy atom. The Balaban J connectivity index is 2.13. The highest BCUT2D eigenvalue weighted by Crippen LogP contribution is 2.22. The highest BCUT2D eigenvalue weighted by molar-refractivity contribution is 6.33. The van der Waals surface area contributed by atoms with Gasteiger partial charge in [-0.2, -0.15) is 0 Å². The fraction of sp³-hybridized carbons (Fsp3) is 0.176. The van der Waals surface area contributed by atoms with E-state index >= 15 is 0 Å². The minimum absolute atomic E-state index is 0.177. The van der Waals surface area contributed by atoms with Crippen molar-refractivity contribution in [1.29, 1.82) is 0 Å². The second kappa shape index (κ2) is 6.52. The molecule has 0 spiro atoms. The number of H-pyrrole nitrogens is 1. The van der Waals surface area contributed by atoms with E-state index in [-0.39, 0.29) is 16.6 Å². The van der Waals surface area contributed by atoms with Gasteiger partial charge < -0.3 is 5.32 Å². The van der Waals surface area contributed by atoms with Gasteiger partial charge in [-0.15, -0.1) is 0 Å². The first-order valence-electron chi connectivity index (χ1n) is 7.62. The van der Waals surface area contributed by atoms with Crippen LogP contribution in [-0.2, 0) is 6.54 Å². The van der Waals surface area contributed by atoms with Crippen molar-refractivity contribution in [3.63, 3.8) is 0 Å². The molecule has 0 unspecified atom stereocenters. The number of nitrogens with zero attached hydrogens (tertiary/aromatic N) is 2. The fourth-order valence-electron chi connectivity index (χ4n) is 2.57. The molecule has 1 amide bonds. The molecule has 0 bridgehead atoms. The standard InChI is InChI=1S/C17H15ClN4O3/c1-3-22-14-11(16(24)21-17(22)25)8-10(9(2)19-14)15(23)20-13-7-5-4-6-12(13)18/h4-8H,3H2,1-2H3,(H,20,23)(H,21,24,25). The predicted octanol–water partition coefficient (Wildman–Crippen LogP) is 2.32. The normalized spacial score (nSPS) is 10.8. The summed E-state index contributed by atoms with van der Waals surface area (Å²) in [6.45, 7) is 3.77. The highest BCUT2D eigenvalue weighted by atomic mass is 35.5. The third-order valence-corrected chi connectivity index (χ3v) is 4.17. The number of fused-ring (bicyclic) bond motifs is 1. The average Bonchev–Trinajstić information content (AvgIpc) is 2.56. The molecule has 128 valence electrons. The number of carbonyl (C=O) groups is 1. The largest absolute Gasteiger partial charge is 0.329 e. The van der Waals surface area contributed by atoms with Gasteiger partial charge in [-0.1, -0.05) is 23.7 Å². The first-order chi connectivity index (χ1) is 11.9. The minimum atomic E-state index is -0.580. The van der Waals surface area contributed by atoms with Crippen molar-refractivity contribution in [1.82, 2.24) is 14.5 Å². The topological polar surface area (TPSA) is 96.9 Å². The Hall–Kier alpha value is -2.93. The van der Waals surface area contributed by atoms with Gasteiger partial charge in [0.05, 0.1) is 27.4 Å². The Labute approximate surface area is 147 Å². The van der Waals surface area contributed by atoms with Crippen LogP contribution in [0, 0.1) is 6.92 Å². The number of anilines is 1. The first kappa shape index (κ1) is 16.9. The average molecular weight is 359 g/mol. The van der Waals surface area contributed by atoms with Crippen molar-refractivity contribution in [3.8, 4) is 0 Å². The summed E-state index contributed by atoms with van der Waals surface area (Å²) in [6.07, 6.45) is 0. The van der Waals surface area contributed by atoms with Crippen LogP contribution in [-0.4, -0.2) is 20.4 Å². The molecule has 3 rings (SSSR count). The van der Waals surface area contributed by atoms with Crippen molar-refractivity contribution in [3.05, 3.63) is 67.4 Å². The molecule has 0 atom stereocenters. The van der Waals surface area contributed by atoms with Gasteiger partial charge in [0.2, 0.25) is 0 Å². The van der Waals surface area contributed by atoms with Crippen LogP contribution < -0.4 is 16.6 Å². The number of aromatic nitrogens is 3. The summed E-state index contributed by atoms with van der Waals surface area (Å²) >= 11 is 6.05. The molecule has 7 nitrogen and oxygen atoms in total. The molecule has 0 saturated carbocycles. The minimum Gasteiger partial charge on any atom is -0.321 e. The molecule has 0 aliphatic rings. The van der Waals surface area contributed by atoms with Crippen molar-refractivity contribution in [2.45, 2.75) is 20.4 Å². The van der Waals surface area contributed by atoms with Gasteiger partial charge in [-0.25, -0.2) is 9.78 Å². The predicted molar refractivity (Wildman–Crippen MR) is 96.4 cm³/mol. The maximum absolute atomic E-state index is 12.6. The lowest BCUT2D eigenvalue weighted by molar-refractivity contribution is 0.102. The van der Waals surface area contributed by atoms with Crippen molar-refractivity contribution in [2.75, 3.05) is 5.32 Å². The lowest BCUT2D eigenvalue weighted by Crippen LogP contribution is -2.31. The number of carbonyl (C=O) groups excluding carboxylic acids is 1. The van der Waals surface area contributed by atoms with Crippen LogP contribution in [0.25, 0.3) is 11.0 Å². The number of aryl methyl sites for hydroxylation is 2. The molecule has 0 aliphatic heterocycles. The second-order valence-corrected chi connectivity index (χ2v) is 5.84. The Morgan fingerprint density at radius 2 is 2.04 bits per heavy atom. The zero-order valence-electron chi connectivity index (χ0n) is 13.6. The molecule has 2 N–H and O–H groups in total. The van der Waals surface area contributed by atoms with Gasteiger partial charge in [-0.3, -0.25) is 19.1 Å². The van der Waals surface area contributed by atoms with E-state index in [1.54, 1.807) is 38.1 Å². The Morgan fingerprint density at radius 1 is 1.32 bits per heavy atom. The monoisotopic (exact) mass is 358 g/mol. The van der Waals surface area contributed by atoms with Crippen LogP contribution in [0.2, 0.25) is 5.02 Å². The third kappa shape index (κ3) is 3.06.